The van der Waals surface area contributed by atoms with E-state index in [0.717, 1.165) is 55.7 Å². The number of benzene rings is 4. The number of hydrogen-bond acceptors (Lipinski definition) is 3. The molecule has 5 heteroatoms. The molecule has 5 nitrogen and oxygen atoms in total. The molecule has 0 bridgehead atoms. The Bertz CT molecular complexity index is 2150. The van der Waals surface area contributed by atoms with E-state index in [0.29, 0.717) is 17.2 Å². The molecule has 3 heterocycles. The number of nitrogens with zero attached hydrogens (tertiary/aromatic N) is 3. The Hall–Kier alpha value is -5.03. The second-order valence-corrected chi connectivity index (χ2v) is 11.6. The molecule has 7 aromatic rings. The monoisotopic (exact) mass is 548 g/mol. The van der Waals surface area contributed by atoms with Crippen molar-refractivity contribution in [2.24, 2.45) is 0 Å². The third-order valence-corrected chi connectivity index (χ3v) is 8.18. The average molecular weight is 549 g/mol. The summed E-state index contributed by atoms with van der Waals surface area (Å²) >= 11 is 0. The van der Waals surface area contributed by atoms with Crippen LogP contribution in [-0.4, -0.2) is 19.5 Å². The number of aromatic amines is 1. The molecule has 0 saturated heterocycles. The van der Waals surface area contributed by atoms with Gasteiger partial charge in [-0.15, -0.1) is 0 Å². The van der Waals surface area contributed by atoms with Crippen LogP contribution in [0.2, 0.25) is 0 Å². The molecule has 0 spiro atoms. The van der Waals surface area contributed by atoms with Crippen molar-refractivity contribution in [3.05, 3.63) is 125 Å². The van der Waals surface area contributed by atoms with Gasteiger partial charge in [0.1, 0.15) is 11.4 Å². The van der Waals surface area contributed by atoms with E-state index in [1.165, 1.54) is 11.1 Å². The molecule has 0 atom stereocenters. The molecule has 0 amide bonds. The molecular formula is C37H32N4O. The first kappa shape index (κ1) is 25.9. The third-order valence-electron chi connectivity index (χ3n) is 8.18. The molecule has 206 valence electrons. The molecule has 7 rings (SSSR count). The largest absolute Gasteiger partial charge is 0.353 e. The molecule has 0 aliphatic carbocycles. The maximum atomic E-state index is 12.9. The average Bonchev–Trinajstić information content (AvgIpc) is 3.45. The predicted octanol–water partition coefficient (Wildman–Crippen LogP) is 9.00. The normalized spacial score (nSPS) is 11.9. The van der Waals surface area contributed by atoms with Crippen molar-refractivity contribution < 1.29 is 0 Å². The highest BCUT2D eigenvalue weighted by atomic mass is 16.1. The van der Waals surface area contributed by atoms with Gasteiger partial charge in [-0.05, 0) is 57.3 Å². The van der Waals surface area contributed by atoms with Gasteiger partial charge in [0.2, 0.25) is 0 Å². The lowest BCUT2D eigenvalue weighted by molar-refractivity contribution is 0.806. The summed E-state index contributed by atoms with van der Waals surface area (Å²) in [6.45, 7) is 8.94. The van der Waals surface area contributed by atoms with Crippen LogP contribution in [0, 0.1) is 0 Å². The van der Waals surface area contributed by atoms with Gasteiger partial charge < -0.3 is 4.98 Å². The fourth-order valence-corrected chi connectivity index (χ4v) is 6.07. The van der Waals surface area contributed by atoms with Crippen LogP contribution in [0.25, 0.3) is 61.0 Å². The smallest absolute Gasteiger partial charge is 0.188 e. The molecule has 0 aliphatic rings. The van der Waals surface area contributed by atoms with Crippen LogP contribution in [0.1, 0.15) is 50.7 Å². The van der Waals surface area contributed by atoms with Crippen LogP contribution < -0.4 is 5.43 Å². The van der Waals surface area contributed by atoms with Crippen LogP contribution in [0.4, 0.5) is 0 Å². The maximum Gasteiger partial charge on any atom is 0.188 e. The fourth-order valence-electron chi connectivity index (χ4n) is 6.07. The zero-order valence-corrected chi connectivity index (χ0v) is 24.2. The van der Waals surface area contributed by atoms with Crippen molar-refractivity contribution >= 4 is 32.4 Å². The molecule has 4 aromatic carbocycles. The number of rotatable bonds is 5. The van der Waals surface area contributed by atoms with E-state index >= 15 is 0 Å². The van der Waals surface area contributed by atoms with Crippen molar-refractivity contribution in [2.45, 2.75) is 39.5 Å². The number of fused-ring (bicyclic) bond motifs is 4. The molecule has 42 heavy (non-hydrogen) atoms. The van der Waals surface area contributed by atoms with Crippen LogP contribution in [0.3, 0.4) is 0 Å². The number of aromatic nitrogens is 4. The summed E-state index contributed by atoms with van der Waals surface area (Å²) in [5.41, 5.74) is 6.96. The lowest BCUT2D eigenvalue weighted by atomic mass is 9.92. The van der Waals surface area contributed by atoms with Gasteiger partial charge in [0.25, 0.3) is 0 Å². The summed E-state index contributed by atoms with van der Waals surface area (Å²) in [5.74, 6) is 1.41. The minimum absolute atomic E-state index is 0.00473. The van der Waals surface area contributed by atoms with Crippen molar-refractivity contribution in [1.29, 1.82) is 0 Å². The van der Waals surface area contributed by atoms with E-state index in [9.17, 15) is 4.79 Å². The van der Waals surface area contributed by atoms with Gasteiger partial charge in [0.05, 0.1) is 22.3 Å². The summed E-state index contributed by atoms with van der Waals surface area (Å²) in [5, 5.41) is 4.77. The first-order valence-electron chi connectivity index (χ1n) is 14.5. The minimum Gasteiger partial charge on any atom is -0.353 e. The summed E-state index contributed by atoms with van der Waals surface area (Å²) < 4.78 is 2.23. The summed E-state index contributed by atoms with van der Waals surface area (Å²) in [6.07, 6.45) is 3.98. The molecule has 0 radical (unpaired) electrons. The van der Waals surface area contributed by atoms with Gasteiger partial charge in [-0.2, -0.15) is 0 Å². The van der Waals surface area contributed by atoms with Gasteiger partial charge in [0, 0.05) is 17.8 Å². The highest BCUT2D eigenvalue weighted by Gasteiger charge is 2.23. The second kappa shape index (κ2) is 10.1. The second-order valence-electron chi connectivity index (χ2n) is 11.6. The fraction of sp³-hybridized carbons (Fsp3) is 0.162. The van der Waals surface area contributed by atoms with Gasteiger partial charge in [0.15, 0.2) is 11.3 Å². The Morgan fingerprint density at radius 3 is 2.19 bits per heavy atom. The molecule has 0 saturated carbocycles. The molecule has 1 N–H and O–H groups in total. The zero-order valence-electron chi connectivity index (χ0n) is 24.2. The van der Waals surface area contributed by atoms with Crippen LogP contribution in [0.15, 0.2) is 108 Å². The van der Waals surface area contributed by atoms with Crippen molar-refractivity contribution in [3.8, 4) is 28.6 Å². The third kappa shape index (κ3) is 4.20. The van der Waals surface area contributed by atoms with Gasteiger partial charge in [-0.25, -0.2) is 4.98 Å². The van der Waals surface area contributed by atoms with E-state index in [-0.39, 0.29) is 5.43 Å². The molecule has 0 unspecified atom stereocenters. The Balaban J connectivity index is 1.55. The minimum atomic E-state index is 0.00473. The van der Waals surface area contributed by atoms with Crippen molar-refractivity contribution in [3.63, 3.8) is 0 Å². The Labute approximate surface area is 244 Å². The van der Waals surface area contributed by atoms with E-state index in [1.54, 1.807) is 6.07 Å². The zero-order chi connectivity index (χ0) is 29.0. The van der Waals surface area contributed by atoms with Crippen LogP contribution in [0.5, 0.6) is 0 Å². The summed E-state index contributed by atoms with van der Waals surface area (Å²) in [6, 6.07) is 30.5. The first-order chi connectivity index (χ1) is 20.4. The quantitative estimate of drug-likeness (QED) is 0.218. The number of H-pyrrole nitrogens is 1. The number of hydrogen-bond donors (Lipinski definition) is 1. The van der Waals surface area contributed by atoms with E-state index in [1.807, 2.05) is 48.7 Å². The molecule has 0 aliphatic heterocycles. The topological polar surface area (TPSA) is 63.6 Å². The lowest BCUT2D eigenvalue weighted by Gasteiger charge is -2.21. The summed E-state index contributed by atoms with van der Waals surface area (Å²) in [7, 11) is 0. The van der Waals surface area contributed by atoms with Gasteiger partial charge in [-0.3, -0.25) is 14.3 Å². The van der Waals surface area contributed by atoms with Crippen LogP contribution in [-0.2, 0) is 0 Å². The standard InChI is InChI=1S/C37H32N4O/c1-22(2)27-12-8-13-28(23(3)4)36(27)41-21-31(40-37(41)35-29-11-6-5-9-24(29)19-20-38-35)30-18-17-26-16-15-25-10-7-14-32(42)33(25)34(26)39-30/h5-23,39H,1-4H3. The van der Waals surface area contributed by atoms with Gasteiger partial charge >= 0.3 is 0 Å². The molecule has 0 fully saturated rings. The number of imidazole rings is 1. The molecular weight excluding hydrogens is 516 g/mol. The van der Waals surface area contributed by atoms with E-state index in [4.69, 9.17) is 9.97 Å². The Morgan fingerprint density at radius 2 is 1.40 bits per heavy atom. The van der Waals surface area contributed by atoms with E-state index < -0.39 is 0 Å². The summed E-state index contributed by atoms with van der Waals surface area (Å²) in [4.78, 5) is 26.7. The van der Waals surface area contributed by atoms with Gasteiger partial charge in [-0.1, -0.05) is 100 Å². The Morgan fingerprint density at radius 1 is 0.714 bits per heavy atom. The Kier molecular flexibility index (Phi) is 6.23. The predicted molar refractivity (Wildman–Crippen MR) is 174 cm³/mol. The number of para-hydroxylation sites is 1. The number of nitrogens with one attached hydrogen (secondary N) is 1. The first-order valence-corrected chi connectivity index (χ1v) is 14.5. The van der Waals surface area contributed by atoms with E-state index in [2.05, 4.69) is 85.9 Å². The molecule has 3 aromatic heterocycles. The highest BCUT2D eigenvalue weighted by Crippen LogP contribution is 2.37. The van der Waals surface area contributed by atoms with Crippen molar-refractivity contribution in [2.75, 3.05) is 0 Å². The number of pyridine rings is 2. The maximum absolute atomic E-state index is 12.9. The van der Waals surface area contributed by atoms with Crippen molar-refractivity contribution in [1.82, 2.24) is 19.5 Å². The lowest BCUT2D eigenvalue weighted by Crippen LogP contribution is -2.08. The highest BCUT2D eigenvalue weighted by molar-refractivity contribution is 6.05. The van der Waals surface area contributed by atoms with Crippen LogP contribution >= 0.6 is 0 Å². The SMILES string of the molecule is CC(C)c1cccc(C(C)C)c1-n1cc(-c2ccc3ccc4cccc(=O)c4c3[nH]2)nc1-c1nccc2ccccc12.